The second-order valence-corrected chi connectivity index (χ2v) is 6.44. The molecular formula is C20H13N3O4S. The quantitative estimate of drug-likeness (QED) is 0.172. The molecule has 0 spiro atoms. The van der Waals surface area contributed by atoms with Gasteiger partial charge in [-0.2, -0.15) is 0 Å². The number of rotatable bonds is 3. The molecule has 0 unspecified atom stereocenters. The number of nitro benzene ring substituents is 1. The summed E-state index contributed by atoms with van der Waals surface area (Å²) in [4.78, 5) is 22.3. The van der Waals surface area contributed by atoms with Gasteiger partial charge in [-0.1, -0.05) is 18.2 Å². The van der Waals surface area contributed by atoms with E-state index in [0.29, 0.717) is 27.5 Å². The van der Waals surface area contributed by atoms with Crippen LogP contribution in [0.3, 0.4) is 0 Å². The summed E-state index contributed by atoms with van der Waals surface area (Å²) in [7, 11) is 0. The lowest BCUT2D eigenvalue weighted by Gasteiger charge is -2.11. The third-order valence-electron chi connectivity index (χ3n) is 4.21. The van der Waals surface area contributed by atoms with Gasteiger partial charge in [-0.3, -0.25) is 10.1 Å². The van der Waals surface area contributed by atoms with Crippen LogP contribution in [0.15, 0.2) is 75.9 Å². The lowest BCUT2D eigenvalue weighted by Crippen LogP contribution is -2.19. The third kappa shape index (κ3) is 3.40. The normalized spacial score (nSPS) is 10.7. The second-order valence-electron chi connectivity index (χ2n) is 6.03. The molecule has 28 heavy (non-hydrogen) atoms. The van der Waals surface area contributed by atoms with Crippen molar-refractivity contribution in [3.8, 4) is 0 Å². The van der Waals surface area contributed by atoms with Crippen LogP contribution < -0.4 is 16.3 Å². The van der Waals surface area contributed by atoms with Gasteiger partial charge in [0.1, 0.15) is 5.58 Å². The highest BCUT2D eigenvalue weighted by molar-refractivity contribution is 7.80. The number of fused-ring (bicyclic) bond motifs is 3. The molecule has 0 fully saturated rings. The molecular weight excluding hydrogens is 378 g/mol. The SMILES string of the molecule is O=c1oc2ccc(NC(=S)Nc3ccc([N+](=O)[O-])cc3)cc2c2ccccc12. The van der Waals surface area contributed by atoms with Crippen LogP contribution in [0.2, 0.25) is 0 Å². The molecule has 1 heterocycles. The molecule has 0 saturated carbocycles. The minimum Gasteiger partial charge on any atom is -0.422 e. The predicted octanol–water partition coefficient (Wildman–Crippen LogP) is 4.66. The van der Waals surface area contributed by atoms with Gasteiger partial charge in [-0.15, -0.1) is 0 Å². The van der Waals surface area contributed by atoms with Crippen molar-refractivity contribution in [2.45, 2.75) is 0 Å². The van der Waals surface area contributed by atoms with Crippen LogP contribution >= 0.6 is 12.2 Å². The smallest absolute Gasteiger partial charge is 0.344 e. The first kappa shape index (κ1) is 17.6. The maximum absolute atomic E-state index is 12.1. The Bertz CT molecular complexity index is 1280. The zero-order valence-corrected chi connectivity index (χ0v) is 15.2. The van der Waals surface area contributed by atoms with Gasteiger partial charge in [0.25, 0.3) is 5.69 Å². The van der Waals surface area contributed by atoms with Crippen LogP contribution in [-0.2, 0) is 0 Å². The molecule has 1 aromatic heterocycles. The minimum atomic E-state index is -0.460. The van der Waals surface area contributed by atoms with Crippen LogP contribution in [-0.4, -0.2) is 10.0 Å². The Labute approximate surface area is 163 Å². The first-order valence-electron chi connectivity index (χ1n) is 8.29. The summed E-state index contributed by atoms with van der Waals surface area (Å²) < 4.78 is 5.37. The third-order valence-corrected chi connectivity index (χ3v) is 4.42. The Balaban J connectivity index is 1.60. The molecule has 0 saturated heterocycles. The standard InChI is InChI=1S/C20H13N3O4S/c24-19-16-4-2-1-3-15(16)17-11-13(7-10-18(17)27-19)22-20(28)21-12-5-8-14(9-6-12)23(25)26/h1-11H,(H2,21,22,28). The van der Waals surface area contributed by atoms with Gasteiger partial charge < -0.3 is 15.1 Å². The van der Waals surface area contributed by atoms with Gasteiger partial charge in [0, 0.05) is 28.9 Å². The minimum absolute atomic E-state index is 0.00678. The number of anilines is 2. The van der Waals surface area contributed by atoms with Gasteiger partial charge in [0.15, 0.2) is 5.11 Å². The molecule has 0 atom stereocenters. The number of hydrogen-bond acceptors (Lipinski definition) is 5. The average Bonchev–Trinajstić information content (AvgIpc) is 2.69. The molecule has 0 bridgehead atoms. The Kier molecular flexibility index (Phi) is 4.46. The van der Waals surface area contributed by atoms with Crippen LogP contribution in [0.25, 0.3) is 21.7 Å². The summed E-state index contributed by atoms with van der Waals surface area (Å²) in [6, 6.07) is 18.5. The van der Waals surface area contributed by atoms with E-state index < -0.39 is 4.92 Å². The van der Waals surface area contributed by atoms with E-state index in [0.717, 1.165) is 10.8 Å². The second kappa shape index (κ2) is 7.09. The lowest BCUT2D eigenvalue weighted by atomic mass is 10.1. The van der Waals surface area contributed by atoms with Crippen LogP contribution in [0.5, 0.6) is 0 Å². The molecule has 2 N–H and O–H groups in total. The number of benzene rings is 3. The topological polar surface area (TPSA) is 97.4 Å². The van der Waals surface area contributed by atoms with E-state index in [9.17, 15) is 14.9 Å². The molecule has 0 aliphatic rings. The van der Waals surface area contributed by atoms with Crippen molar-refractivity contribution in [3.05, 3.63) is 87.3 Å². The van der Waals surface area contributed by atoms with Crippen molar-refractivity contribution in [1.29, 1.82) is 0 Å². The molecule has 4 rings (SSSR count). The van der Waals surface area contributed by atoms with E-state index in [4.69, 9.17) is 16.6 Å². The largest absolute Gasteiger partial charge is 0.422 e. The van der Waals surface area contributed by atoms with Crippen molar-refractivity contribution in [1.82, 2.24) is 0 Å². The summed E-state index contributed by atoms with van der Waals surface area (Å²) in [5.41, 5.74) is 1.46. The molecule has 4 aromatic rings. The monoisotopic (exact) mass is 391 g/mol. The first-order chi connectivity index (χ1) is 13.5. The van der Waals surface area contributed by atoms with Crippen LogP contribution in [0.4, 0.5) is 17.1 Å². The molecule has 0 radical (unpaired) electrons. The zero-order chi connectivity index (χ0) is 19.7. The highest BCUT2D eigenvalue weighted by atomic mass is 32.1. The number of hydrogen-bond donors (Lipinski definition) is 2. The molecule has 0 aliphatic carbocycles. The Morgan fingerprint density at radius 2 is 1.54 bits per heavy atom. The Hall–Kier alpha value is -3.78. The highest BCUT2D eigenvalue weighted by Gasteiger charge is 2.09. The van der Waals surface area contributed by atoms with E-state index in [2.05, 4.69) is 10.6 Å². The first-order valence-corrected chi connectivity index (χ1v) is 8.70. The van der Waals surface area contributed by atoms with Gasteiger partial charge in [0.05, 0.1) is 10.3 Å². The number of nitrogens with one attached hydrogen (secondary N) is 2. The van der Waals surface area contributed by atoms with Crippen molar-refractivity contribution >= 4 is 56.1 Å². The van der Waals surface area contributed by atoms with Crippen molar-refractivity contribution in [3.63, 3.8) is 0 Å². The summed E-state index contributed by atoms with van der Waals surface area (Å²) in [6.45, 7) is 0. The number of thiocarbonyl (C=S) groups is 1. The van der Waals surface area contributed by atoms with Crippen molar-refractivity contribution in [2.24, 2.45) is 0 Å². The molecule has 0 aliphatic heterocycles. The Morgan fingerprint density at radius 3 is 2.25 bits per heavy atom. The molecule has 7 nitrogen and oxygen atoms in total. The van der Waals surface area contributed by atoms with E-state index in [1.54, 1.807) is 36.4 Å². The average molecular weight is 391 g/mol. The van der Waals surface area contributed by atoms with Crippen molar-refractivity contribution < 1.29 is 9.34 Å². The van der Waals surface area contributed by atoms with Gasteiger partial charge in [0.2, 0.25) is 0 Å². The maximum Gasteiger partial charge on any atom is 0.344 e. The molecule has 0 amide bonds. The Morgan fingerprint density at radius 1 is 0.893 bits per heavy atom. The fraction of sp³-hybridized carbons (Fsp3) is 0. The molecule has 138 valence electrons. The fourth-order valence-corrected chi connectivity index (χ4v) is 3.15. The van der Waals surface area contributed by atoms with E-state index in [1.807, 2.05) is 18.2 Å². The number of nitrogens with zero attached hydrogens (tertiary/aromatic N) is 1. The summed E-state index contributed by atoms with van der Waals surface area (Å²) in [5, 5.41) is 19.2. The van der Waals surface area contributed by atoms with Crippen LogP contribution in [0, 0.1) is 10.1 Å². The molecule has 3 aromatic carbocycles. The van der Waals surface area contributed by atoms with E-state index in [-0.39, 0.29) is 11.3 Å². The zero-order valence-electron chi connectivity index (χ0n) is 14.3. The summed E-state index contributed by atoms with van der Waals surface area (Å²) in [6.07, 6.45) is 0. The predicted molar refractivity (Wildman–Crippen MR) is 113 cm³/mol. The van der Waals surface area contributed by atoms with Gasteiger partial charge in [-0.25, -0.2) is 4.79 Å². The summed E-state index contributed by atoms with van der Waals surface area (Å²) in [5.74, 6) is 0. The highest BCUT2D eigenvalue weighted by Crippen LogP contribution is 2.26. The molecule has 8 heteroatoms. The number of non-ortho nitro benzene ring substituents is 1. The maximum atomic E-state index is 12.1. The van der Waals surface area contributed by atoms with Gasteiger partial charge in [-0.05, 0) is 54.0 Å². The van der Waals surface area contributed by atoms with E-state index >= 15 is 0 Å². The number of nitro groups is 1. The summed E-state index contributed by atoms with van der Waals surface area (Å²) >= 11 is 5.31. The van der Waals surface area contributed by atoms with Crippen molar-refractivity contribution in [2.75, 3.05) is 10.6 Å². The fourth-order valence-electron chi connectivity index (χ4n) is 2.92. The van der Waals surface area contributed by atoms with E-state index in [1.165, 1.54) is 12.1 Å². The lowest BCUT2D eigenvalue weighted by molar-refractivity contribution is -0.384. The van der Waals surface area contributed by atoms with Gasteiger partial charge >= 0.3 is 5.63 Å². The van der Waals surface area contributed by atoms with Crippen LogP contribution in [0.1, 0.15) is 0 Å².